The van der Waals surface area contributed by atoms with Gasteiger partial charge in [0.1, 0.15) is 0 Å². The highest BCUT2D eigenvalue weighted by Gasteiger charge is 2.19. The fourth-order valence-electron chi connectivity index (χ4n) is 2.85. The van der Waals surface area contributed by atoms with E-state index < -0.39 is 0 Å². The molecule has 0 aliphatic rings. The number of hydrogen-bond donors (Lipinski definition) is 0. The third-order valence-electron chi connectivity index (χ3n) is 4.18. The summed E-state index contributed by atoms with van der Waals surface area (Å²) in [6.07, 6.45) is 2.90. The van der Waals surface area contributed by atoms with Gasteiger partial charge in [-0.15, -0.1) is 0 Å². The van der Waals surface area contributed by atoms with E-state index in [-0.39, 0.29) is 11.8 Å². The van der Waals surface area contributed by atoms with Crippen LogP contribution >= 0.6 is 0 Å². The lowest BCUT2D eigenvalue weighted by molar-refractivity contribution is -0.135. The van der Waals surface area contributed by atoms with Crippen LogP contribution in [0.3, 0.4) is 0 Å². The standard InChI is InChI=1S/C21H27NO/c1-3-10-18(2)21(23)22(17-20-13-8-5-9-14-20)16-15-19-11-6-4-7-12-19/h4-9,11-14,18H,3,10,15-17H2,1-2H3. The molecule has 2 nitrogen and oxygen atoms in total. The molecule has 0 aromatic heterocycles. The molecule has 0 aliphatic carbocycles. The van der Waals surface area contributed by atoms with Crippen LogP contribution in [-0.4, -0.2) is 17.4 Å². The van der Waals surface area contributed by atoms with Gasteiger partial charge >= 0.3 is 0 Å². The molecule has 0 saturated heterocycles. The lowest BCUT2D eigenvalue weighted by Crippen LogP contribution is -2.36. The predicted molar refractivity (Wildman–Crippen MR) is 96.1 cm³/mol. The highest BCUT2D eigenvalue weighted by Crippen LogP contribution is 2.14. The van der Waals surface area contributed by atoms with Gasteiger partial charge in [-0.25, -0.2) is 0 Å². The van der Waals surface area contributed by atoms with Gasteiger partial charge < -0.3 is 4.90 Å². The minimum Gasteiger partial charge on any atom is -0.338 e. The summed E-state index contributed by atoms with van der Waals surface area (Å²) < 4.78 is 0. The van der Waals surface area contributed by atoms with E-state index in [4.69, 9.17) is 0 Å². The van der Waals surface area contributed by atoms with Gasteiger partial charge in [0.15, 0.2) is 0 Å². The van der Waals surface area contributed by atoms with Crippen molar-refractivity contribution in [3.63, 3.8) is 0 Å². The van der Waals surface area contributed by atoms with Crippen molar-refractivity contribution in [2.45, 2.75) is 39.7 Å². The van der Waals surface area contributed by atoms with E-state index in [1.54, 1.807) is 0 Å². The van der Waals surface area contributed by atoms with Crippen LogP contribution < -0.4 is 0 Å². The van der Waals surface area contributed by atoms with E-state index in [1.165, 1.54) is 11.1 Å². The second-order valence-electron chi connectivity index (χ2n) is 6.17. The van der Waals surface area contributed by atoms with Crippen molar-refractivity contribution in [1.29, 1.82) is 0 Å². The molecular weight excluding hydrogens is 282 g/mol. The second kappa shape index (κ2) is 9.14. The molecule has 0 aliphatic heterocycles. The molecule has 0 N–H and O–H groups in total. The summed E-state index contributed by atoms with van der Waals surface area (Å²) in [7, 11) is 0. The highest BCUT2D eigenvalue weighted by molar-refractivity contribution is 5.78. The van der Waals surface area contributed by atoms with E-state index in [1.807, 2.05) is 36.1 Å². The molecule has 0 spiro atoms. The topological polar surface area (TPSA) is 20.3 Å². The summed E-state index contributed by atoms with van der Waals surface area (Å²) in [5.41, 5.74) is 2.47. The van der Waals surface area contributed by atoms with Crippen molar-refractivity contribution in [3.8, 4) is 0 Å². The SMILES string of the molecule is CCCC(C)C(=O)N(CCc1ccccc1)Cc1ccccc1. The van der Waals surface area contributed by atoms with E-state index >= 15 is 0 Å². The van der Waals surface area contributed by atoms with Gasteiger partial charge in [-0.3, -0.25) is 4.79 Å². The van der Waals surface area contributed by atoms with Crippen LogP contribution in [0.2, 0.25) is 0 Å². The molecule has 0 heterocycles. The van der Waals surface area contributed by atoms with Crippen molar-refractivity contribution in [2.75, 3.05) is 6.54 Å². The number of amides is 1. The Morgan fingerprint density at radius 1 is 0.957 bits per heavy atom. The molecule has 1 atom stereocenters. The van der Waals surface area contributed by atoms with E-state index in [2.05, 4.69) is 43.3 Å². The summed E-state index contributed by atoms with van der Waals surface area (Å²) in [4.78, 5) is 14.8. The third kappa shape index (κ3) is 5.55. The van der Waals surface area contributed by atoms with Crippen LogP contribution in [0.5, 0.6) is 0 Å². The smallest absolute Gasteiger partial charge is 0.225 e. The maximum Gasteiger partial charge on any atom is 0.225 e. The lowest BCUT2D eigenvalue weighted by atomic mass is 10.0. The van der Waals surface area contributed by atoms with Crippen LogP contribution in [0.4, 0.5) is 0 Å². The largest absolute Gasteiger partial charge is 0.338 e. The monoisotopic (exact) mass is 309 g/mol. The summed E-state index contributed by atoms with van der Waals surface area (Å²) >= 11 is 0. The van der Waals surface area contributed by atoms with Crippen molar-refractivity contribution in [1.82, 2.24) is 4.90 Å². The van der Waals surface area contributed by atoms with Gasteiger partial charge in [0.25, 0.3) is 0 Å². The van der Waals surface area contributed by atoms with Gasteiger partial charge in [-0.05, 0) is 24.0 Å². The van der Waals surface area contributed by atoms with Gasteiger partial charge in [-0.1, -0.05) is 80.9 Å². The van der Waals surface area contributed by atoms with Gasteiger partial charge in [0, 0.05) is 19.0 Å². The van der Waals surface area contributed by atoms with Crippen molar-refractivity contribution >= 4 is 5.91 Å². The molecule has 0 radical (unpaired) electrons. The molecule has 2 aromatic carbocycles. The first-order valence-electron chi connectivity index (χ1n) is 8.57. The lowest BCUT2D eigenvalue weighted by Gasteiger charge is -2.26. The van der Waals surface area contributed by atoms with Crippen molar-refractivity contribution < 1.29 is 4.79 Å². The first-order chi connectivity index (χ1) is 11.2. The first-order valence-corrected chi connectivity index (χ1v) is 8.57. The predicted octanol–water partition coefficient (Wildman–Crippen LogP) is 4.69. The molecule has 122 valence electrons. The van der Waals surface area contributed by atoms with Gasteiger partial charge in [0.05, 0.1) is 0 Å². The number of benzene rings is 2. The molecule has 0 saturated carbocycles. The third-order valence-corrected chi connectivity index (χ3v) is 4.18. The number of hydrogen-bond acceptors (Lipinski definition) is 1. The van der Waals surface area contributed by atoms with E-state index in [9.17, 15) is 4.79 Å². The van der Waals surface area contributed by atoms with E-state index in [0.29, 0.717) is 6.54 Å². The summed E-state index contributed by atoms with van der Waals surface area (Å²) in [5, 5.41) is 0. The Morgan fingerprint density at radius 3 is 2.09 bits per heavy atom. The number of rotatable bonds is 8. The summed E-state index contributed by atoms with van der Waals surface area (Å²) in [6.45, 7) is 5.65. The molecule has 2 rings (SSSR count). The van der Waals surface area contributed by atoms with Crippen LogP contribution in [0.15, 0.2) is 60.7 Å². The molecular formula is C21H27NO. The quantitative estimate of drug-likeness (QED) is 0.692. The number of carbonyl (C=O) groups excluding carboxylic acids is 1. The number of nitrogens with zero attached hydrogens (tertiary/aromatic N) is 1. The zero-order valence-electron chi connectivity index (χ0n) is 14.2. The highest BCUT2D eigenvalue weighted by atomic mass is 16.2. The zero-order chi connectivity index (χ0) is 16.5. The molecule has 23 heavy (non-hydrogen) atoms. The molecule has 2 heteroatoms. The van der Waals surface area contributed by atoms with Crippen LogP contribution in [-0.2, 0) is 17.8 Å². The van der Waals surface area contributed by atoms with Crippen LogP contribution in [0.25, 0.3) is 0 Å². The minimum absolute atomic E-state index is 0.0967. The first kappa shape index (κ1) is 17.3. The Morgan fingerprint density at radius 2 is 1.52 bits per heavy atom. The Kier molecular flexibility index (Phi) is 6.86. The second-order valence-corrected chi connectivity index (χ2v) is 6.17. The Labute approximate surface area is 140 Å². The average molecular weight is 309 g/mol. The molecule has 1 unspecified atom stereocenters. The molecule has 0 bridgehead atoms. The fourth-order valence-corrected chi connectivity index (χ4v) is 2.85. The van der Waals surface area contributed by atoms with Gasteiger partial charge in [-0.2, -0.15) is 0 Å². The maximum absolute atomic E-state index is 12.8. The summed E-state index contributed by atoms with van der Waals surface area (Å²) in [6, 6.07) is 20.6. The number of carbonyl (C=O) groups is 1. The average Bonchev–Trinajstić information content (AvgIpc) is 2.60. The van der Waals surface area contributed by atoms with E-state index in [0.717, 1.165) is 25.8 Å². The molecule has 1 amide bonds. The van der Waals surface area contributed by atoms with Gasteiger partial charge in [0.2, 0.25) is 5.91 Å². The fraction of sp³-hybridized carbons (Fsp3) is 0.381. The minimum atomic E-state index is 0.0967. The molecule has 0 fully saturated rings. The molecule has 2 aromatic rings. The van der Waals surface area contributed by atoms with Crippen LogP contribution in [0.1, 0.15) is 37.8 Å². The zero-order valence-corrected chi connectivity index (χ0v) is 14.2. The normalized spacial score (nSPS) is 11.9. The Hall–Kier alpha value is -2.09. The van der Waals surface area contributed by atoms with Crippen LogP contribution in [0, 0.1) is 5.92 Å². The Bertz CT molecular complexity index is 579. The summed E-state index contributed by atoms with van der Waals surface area (Å²) in [5.74, 6) is 0.367. The van der Waals surface area contributed by atoms with Crippen molar-refractivity contribution in [3.05, 3.63) is 71.8 Å². The van der Waals surface area contributed by atoms with Crippen molar-refractivity contribution in [2.24, 2.45) is 5.92 Å². The Balaban J connectivity index is 2.05. The maximum atomic E-state index is 12.8.